The highest BCUT2D eigenvalue weighted by Crippen LogP contribution is 2.46. The Morgan fingerprint density at radius 1 is 1.00 bits per heavy atom. The van der Waals surface area contributed by atoms with Crippen LogP contribution < -0.4 is 5.32 Å². The third-order valence-corrected chi connectivity index (χ3v) is 10.1. The number of carbonyl (C=O) groups excluding carboxylic acids is 2. The van der Waals surface area contributed by atoms with Gasteiger partial charge >= 0.3 is 0 Å². The van der Waals surface area contributed by atoms with Crippen LogP contribution in [-0.2, 0) is 39.7 Å². The number of benzene rings is 3. The quantitative estimate of drug-likeness (QED) is 0.227. The van der Waals surface area contributed by atoms with E-state index in [0.717, 1.165) is 47.9 Å². The Labute approximate surface area is 286 Å². The van der Waals surface area contributed by atoms with Crippen LogP contribution in [0.2, 0.25) is 5.02 Å². The first-order chi connectivity index (χ1) is 23.1. The van der Waals surface area contributed by atoms with Crippen LogP contribution in [0.25, 0.3) is 11.4 Å². The van der Waals surface area contributed by atoms with Gasteiger partial charge in [0, 0.05) is 35.1 Å². The fourth-order valence-electron chi connectivity index (χ4n) is 7.10. The maximum Gasteiger partial charge on any atom is 0.227 e. The molecule has 2 N–H and O–H groups in total. The predicted molar refractivity (Wildman–Crippen MR) is 182 cm³/mol. The molecule has 1 saturated heterocycles. The van der Waals surface area contributed by atoms with Gasteiger partial charge in [0.2, 0.25) is 17.6 Å². The fraction of sp³-hybridized carbons (Fsp3) is 0.432. The van der Waals surface area contributed by atoms with E-state index in [1.54, 1.807) is 12.1 Å². The Bertz CT molecular complexity index is 1710. The lowest BCUT2D eigenvalue weighted by Crippen LogP contribution is -2.59. The highest BCUT2D eigenvalue weighted by molar-refractivity contribution is 6.30. The zero-order valence-corrected chi connectivity index (χ0v) is 28.3. The van der Waals surface area contributed by atoms with Gasteiger partial charge in [0.05, 0.1) is 24.5 Å². The van der Waals surface area contributed by atoms with Crippen LogP contribution in [0.1, 0.15) is 62.6 Å². The van der Waals surface area contributed by atoms with Gasteiger partial charge < -0.3 is 20.1 Å². The first kappa shape index (κ1) is 33.8. The molecule has 1 aliphatic heterocycles. The molecule has 0 bridgehead atoms. The van der Waals surface area contributed by atoms with Gasteiger partial charge in [0.1, 0.15) is 0 Å². The second-order valence-electron chi connectivity index (χ2n) is 13.7. The summed E-state index contributed by atoms with van der Waals surface area (Å²) in [5, 5.41) is 28.3. The van der Waals surface area contributed by atoms with Crippen molar-refractivity contribution in [2.24, 2.45) is 11.3 Å². The average molecular weight is 671 g/mol. The molecular formula is C37H43ClN6O4. The number of likely N-dealkylation sites (tertiary alicyclic amines) is 1. The number of aromatic nitrogens is 4. The zero-order valence-electron chi connectivity index (χ0n) is 27.5. The molecule has 1 aromatic heterocycles. The molecule has 252 valence electrons. The van der Waals surface area contributed by atoms with Crippen molar-refractivity contribution in [1.82, 2.24) is 30.4 Å². The molecule has 10 nitrogen and oxygen atoms in total. The minimum absolute atomic E-state index is 0.0511. The number of nitrogens with one attached hydrogen (secondary N) is 1. The molecule has 4 aromatic rings. The molecule has 48 heavy (non-hydrogen) atoms. The maximum atomic E-state index is 14.0. The summed E-state index contributed by atoms with van der Waals surface area (Å²) in [6, 6.07) is 24.5. The summed E-state index contributed by atoms with van der Waals surface area (Å²) in [6.45, 7) is 5.50. The molecule has 3 aromatic carbocycles. The van der Waals surface area contributed by atoms with Gasteiger partial charge in [-0.2, -0.15) is 0 Å². The molecule has 0 unspecified atom stereocenters. The Morgan fingerprint density at radius 2 is 1.75 bits per heavy atom. The highest BCUT2D eigenvalue weighted by atomic mass is 35.5. The minimum Gasteiger partial charge on any atom is -0.384 e. The van der Waals surface area contributed by atoms with Gasteiger partial charge in [-0.3, -0.25) is 9.59 Å². The number of carbonyl (C=O) groups is 2. The second kappa shape index (κ2) is 14.6. The predicted octanol–water partition coefficient (Wildman–Crippen LogP) is 5.53. The molecule has 2 fully saturated rings. The molecule has 6 rings (SSSR count). The van der Waals surface area contributed by atoms with Crippen molar-refractivity contribution in [3.8, 4) is 11.4 Å². The zero-order chi connectivity index (χ0) is 33.7. The number of ether oxygens (including phenoxy) is 1. The van der Waals surface area contributed by atoms with Gasteiger partial charge in [-0.05, 0) is 59.4 Å². The van der Waals surface area contributed by atoms with Gasteiger partial charge in [-0.1, -0.05) is 99.0 Å². The Hall–Kier alpha value is -4.12. The van der Waals surface area contributed by atoms with Crippen LogP contribution in [0, 0.1) is 11.3 Å². The van der Waals surface area contributed by atoms with E-state index in [1.807, 2.05) is 85.5 Å². The number of piperidine rings is 1. The largest absolute Gasteiger partial charge is 0.384 e. The number of amides is 2. The van der Waals surface area contributed by atoms with E-state index in [-0.39, 0.29) is 36.9 Å². The smallest absolute Gasteiger partial charge is 0.227 e. The first-order valence-corrected chi connectivity index (χ1v) is 17.0. The molecule has 0 radical (unpaired) electrons. The SMILES string of the molecule is CC1(C)CN(C(=O)[C@H]2CCCC[C@H]2NC(=O)Cc2cccc(-c3nnn(COCc4ccccc4)n3)c2)CC[C@]1(O)c1ccc(Cl)cc1. The van der Waals surface area contributed by atoms with E-state index in [1.165, 1.54) is 4.80 Å². The van der Waals surface area contributed by atoms with Crippen LogP contribution in [0.15, 0.2) is 78.9 Å². The summed E-state index contributed by atoms with van der Waals surface area (Å²) in [4.78, 5) is 30.6. The summed E-state index contributed by atoms with van der Waals surface area (Å²) in [5.41, 5.74) is 1.78. The minimum atomic E-state index is -1.08. The molecule has 2 amide bonds. The van der Waals surface area contributed by atoms with E-state index < -0.39 is 11.0 Å². The maximum absolute atomic E-state index is 14.0. The molecule has 11 heteroatoms. The number of hydrogen-bond acceptors (Lipinski definition) is 7. The van der Waals surface area contributed by atoms with Crippen molar-refractivity contribution in [2.75, 3.05) is 13.1 Å². The average Bonchev–Trinajstić information content (AvgIpc) is 3.56. The number of tetrazole rings is 1. The number of nitrogens with zero attached hydrogens (tertiary/aromatic N) is 5. The van der Waals surface area contributed by atoms with Crippen LogP contribution in [0.5, 0.6) is 0 Å². The van der Waals surface area contributed by atoms with Crippen molar-refractivity contribution < 1.29 is 19.4 Å². The summed E-state index contributed by atoms with van der Waals surface area (Å²) >= 11 is 6.10. The molecule has 2 aliphatic rings. The third kappa shape index (κ3) is 7.61. The number of halogens is 1. The molecule has 2 heterocycles. The Balaban J connectivity index is 1.05. The van der Waals surface area contributed by atoms with Gasteiger partial charge in [-0.25, -0.2) is 0 Å². The topological polar surface area (TPSA) is 122 Å². The monoisotopic (exact) mass is 670 g/mol. The standard InChI is InChI=1S/C37H43ClN6O4/c1-36(2)24-43(20-19-37(36,47)29-15-17-30(38)18-16-29)35(46)31-13-6-7-14-32(31)39-33(45)22-27-11-8-12-28(21-27)34-40-42-44(41-34)25-48-23-26-9-4-3-5-10-26/h3-5,8-12,15-18,21,31-32,47H,6-7,13-14,19-20,22-25H2,1-2H3,(H,39,45)/t31-,32+,37-/m0/s1. The van der Waals surface area contributed by atoms with Crippen LogP contribution >= 0.6 is 11.6 Å². The van der Waals surface area contributed by atoms with Crippen molar-refractivity contribution in [2.45, 2.75) is 77.4 Å². The summed E-state index contributed by atoms with van der Waals surface area (Å²) in [7, 11) is 0. The van der Waals surface area contributed by atoms with Gasteiger partial charge in [-0.15, -0.1) is 15.0 Å². The lowest BCUT2D eigenvalue weighted by molar-refractivity contribution is -0.158. The third-order valence-electron chi connectivity index (χ3n) is 9.83. The van der Waals surface area contributed by atoms with Crippen molar-refractivity contribution in [1.29, 1.82) is 0 Å². The Kier molecular flexibility index (Phi) is 10.2. The number of hydrogen-bond donors (Lipinski definition) is 2. The second-order valence-corrected chi connectivity index (χ2v) is 14.1. The number of rotatable bonds is 10. The highest BCUT2D eigenvalue weighted by Gasteiger charge is 2.50. The fourth-order valence-corrected chi connectivity index (χ4v) is 7.23. The lowest BCUT2D eigenvalue weighted by atomic mass is 9.66. The van der Waals surface area contributed by atoms with Gasteiger partial charge in [0.25, 0.3) is 0 Å². The van der Waals surface area contributed by atoms with E-state index in [4.69, 9.17) is 16.3 Å². The van der Waals surface area contributed by atoms with E-state index in [9.17, 15) is 14.7 Å². The van der Waals surface area contributed by atoms with Crippen molar-refractivity contribution in [3.05, 3.63) is 101 Å². The summed E-state index contributed by atoms with van der Waals surface area (Å²) < 4.78 is 5.71. The van der Waals surface area contributed by atoms with Crippen LogP contribution in [0.4, 0.5) is 0 Å². The molecular weight excluding hydrogens is 628 g/mol. The van der Waals surface area contributed by atoms with E-state index >= 15 is 0 Å². The molecule has 1 saturated carbocycles. The normalized spacial score (nSPS) is 22.3. The molecule has 0 spiro atoms. The van der Waals surface area contributed by atoms with Crippen molar-refractivity contribution in [3.63, 3.8) is 0 Å². The molecule has 3 atom stereocenters. The van der Waals surface area contributed by atoms with Crippen LogP contribution in [-0.4, -0.2) is 61.2 Å². The summed E-state index contributed by atoms with van der Waals surface area (Å²) in [5.74, 6) is 0.0786. The van der Waals surface area contributed by atoms with Gasteiger partial charge in [0.15, 0.2) is 6.73 Å². The first-order valence-electron chi connectivity index (χ1n) is 16.7. The van der Waals surface area contributed by atoms with Crippen molar-refractivity contribution >= 4 is 23.4 Å². The lowest BCUT2D eigenvalue weighted by Gasteiger charge is -2.51. The number of aliphatic hydroxyl groups is 1. The van der Waals surface area contributed by atoms with E-state index in [2.05, 4.69) is 20.7 Å². The van der Waals surface area contributed by atoms with Crippen LogP contribution in [0.3, 0.4) is 0 Å². The molecule has 1 aliphatic carbocycles. The Morgan fingerprint density at radius 3 is 2.52 bits per heavy atom. The summed E-state index contributed by atoms with van der Waals surface area (Å²) in [6.07, 6.45) is 3.99. The van der Waals surface area contributed by atoms with E-state index in [0.29, 0.717) is 37.0 Å².